The minimum atomic E-state index is -0.0298. The van der Waals surface area contributed by atoms with Crippen molar-refractivity contribution in [1.82, 2.24) is 14.9 Å². The molecule has 0 fully saturated rings. The van der Waals surface area contributed by atoms with Crippen LogP contribution in [0, 0.1) is 0 Å². The van der Waals surface area contributed by atoms with Crippen molar-refractivity contribution in [3.8, 4) is 0 Å². The number of hydrogen-bond acceptors (Lipinski definition) is 3. The van der Waals surface area contributed by atoms with Crippen LogP contribution in [-0.2, 0) is 11.2 Å². The SMILES string of the molecule is C[C@H](c1ccccc1)n1c(CCNC(=O)CCCO)nc2ccccc21. The molecule has 1 aromatic heterocycles. The Morgan fingerprint density at radius 2 is 1.88 bits per heavy atom. The number of aliphatic hydroxyl groups is 1. The Morgan fingerprint density at radius 3 is 2.65 bits per heavy atom. The highest BCUT2D eigenvalue weighted by Gasteiger charge is 2.17. The second kappa shape index (κ2) is 8.63. The first-order valence-corrected chi connectivity index (χ1v) is 9.09. The number of nitrogens with zero attached hydrogens (tertiary/aromatic N) is 2. The van der Waals surface area contributed by atoms with Gasteiger partial charge in [0.2, 0.25) is 5.91 Å². The lowest BCUT2D eigenvalue weighted by Gasteiger charge is -2.18. The highest BCUT2D eigenvalue weighted by Crippen LogP contribution is 2.26. The lowest BCUT2D eigenvalue weighted by molar-refractivity contribution is -0.121. The first-order chi connectivity index (χ1) is 12.7. The van der Waals surface area contributed by atoms with E-state index in [4.69, 9.17) is 10.1 Å². The summed E-state index contributed by atoms with van der Waals surface area (Å²) < 4.78 is 2.25. The molecule has 0 radical (unpaired) electrons. The molecule has 5 heteroatoms. The third-order valence-electron chi connectivity index (χ3n) is 4.57. The monoisotopic (exact) mass is 351 g/mol. The number of amides is 1. The number of carbonyl (C=O) groups excluding carboxylic acids is 1. The van der Waals surface area contributed by atoms with Crippen molar-refractivity contribution >= 4 is 16.9 Å². The number of carbonyl (C=O) groups is 1. The van der Waals surface area contributed by atoms with Crippen LogP contribution in [0.3, 0.4) is 0 Å². The molecule has 0 aliphatic heterocycles. The smallest absolute Gasteiger partial charge is 0.220 e. The minimum absolute atomic E-state index is 0.0298. The van der Waals surface area contributed by atoms with Gasteiger partial charge in [-0.25, -0.2) is 4.98 Å². The van der Waals surface area contributed by atoms with Crippen molar-refractivity contribution in [1.29, 1.82) is 0 Å². The van der Waals surface area contributed by atoms with Crippen LogP contribution in [0.4, 0.5) is 0 Å². The molecule has 0 unspecified atom stereocenters. The second-order valence-corrected chi connectivity index (χ2v) is 6.40. The lowest BCUT2D eigenvalue weighted by Crippen LogP contribution is -2.26. The Bertz CT molecular complexity index is 858. The van der Waals surface area contributed by atoms with Gasteiger partial charge in [-0.3, -0.25) is 4.79 Å². The Balaban J connectivity index is 1.82. The Hall–Kier alpha value is -2.66. The van der Waals surface area contributed by atoms with Crippen molar-refractivity contribution in [2.75, 3.05) is 13.2 Å². The predicted molar refractivity (Wildman–Crippen MR) is 103 cm³/mol. The Morgan fingerprint density at radius 1 is 1.15 bits per heavy atom. The molecule has 3 aromatic rings. The minimum Gasteiger partial charge on any atom is -0.396 e. The summed E-state index contributed by atoms with van der Waals surface area (Å²) in [5, 5.41) is 11.7. The number of rotatable bonds is 8. The second-order valence-electron chi connectivity index (χ2n) is 6.40. The first kappa shape index (κ1) is 18.1. The van der Waals surface area contributed by atoms with E-state index in [2.05, 4.69) is 35.0 Å². The predicted octanol–water partition coefficient (Wildman–Crippen LogP) is 3.08. The van der Waals surface area contributed by atoms with Crippen LogP contribution in [0.2, 0.25) is 0 Å². The number of nitrogens with one attached hydrogen (secondary N) is 1. The normalized spacial score (nSPS) is 12.2. The van der Waals surface area contributed by atoms with Crippen molar-refractivity contribution in [3.63, 3.8) is 0 Å². The maximum atomic E-state index is 11.8. The van der Waals surface area contributed by atoms with Gasteiger partial charge in [0.15, 0.2) is 0 Å². The van der Waals surface area contributed by atoms with Crippen LogP contribution in [0.15, 0.2) is 54.6 Å². The fourth-order valence-corrected chi connectivity index (χ4v) is 3.23. The molecular formula is C21H25N3O2. The summed E-state index contributed by atoms with van der Waals surface area (Å²) in [4.78, 5) is 16.5. The zero-order valence-corrected chi connectivity index (χ0v) is 15.1. The van der Waals surface area contributed by atoms with Gasteiger partial charge in [-0.1, -0.05) is 42.5 Å². The fourth-order valence-electron chi connectivity index (χ4n) is 3.23. The molecule has 0 saturated carbocycles. The van der Waals surface area contributed by atoms with E-state index in [1.165, 1.54) is 5.56 Å². The molecule has 0 aliphatic rings. The van der Waals surface area contributed by atoms with Crippen molar-refractivity contribution in [3.05, 3.63) is 66.0 Å². The number of benzene rings is 2. The Labute approximate surface area is 153 Å². The van der Waals surface area contributed by atoms with E-state index in [-0.39, 0.29) is 18.6 Å². The molecule has 1 amide bonds. The summed E-state index contributed by atoms with van der Waals surface area (Å²) >= 11 is 0. The molecule has 1 heterocycles. The van der Waals surface area contributed by atoms with Crippen LogP contribution in [0.5, 0.6) is 0 Å². The molecule has 26 heavy (non-hydrogen) atoms. The van der Waals surface area contributed by atoms with Gasteiger partial charge in [0, 0.05) is 26.0 Å². The van der Waals surface area contributed by atoms with E-state index in [1.807, 2.05) is 36.4 Å². The molecule has 5 nitrogen and oxygen atoms in total. The van der Waals surface area contributed by atoms with Gasteiger partial charge < -0.3 is 15.0 Å². The molecule has 2 N–H and O–H groups in total. The third kappa shape index (κ3) is 4.11. The summed E-state index contributed by atoms with van der Waals surface area (Å²) in [7, 11) is 0. The largest absolute Gasteiger partial charge is 0.396 e. The van der Waals surface area contributed by atoms with E-state index in [9.17, 15) is 4.79 Å². The van der Waals surface area contributed by atoms with Gasteiger partial charge in [0.05, 0.1) is 17.1 Å². The maximum absolute atomic E-state index is 11.8. The van der Waals surface area contributed by atoms with E-state index < -0.39 is 0 Å². The molecule has 0 saturated heterocycles. The molecular weight excluding hydrogens is 326 g/mol. The van der Waals surface area contributed by atoms with E-state index in [0.29, 0.717) is 25.8 Å². The lowest BCUT2D eigenvalue weighted by atomic mass is 10.1. The van der Waals surface area contributed by atoms with Crippen molar-refractivity contribution in [2.24, 2.45) is 0 Å². The highest BCUT2D eigenvalue weighted by atomic mass is 16.3. The highest BCUT2D eigenvalue weighted by molar-refractivity contribution is 5.77. The van der Waals surface area contributed by atoms with Gasteiger partial charge >= 0.3 is 0 Å². The number of para-hydroxylation sites is 2. The maximum Gasteiger partial charge on any atom is 0.220 e. The average Bonchev–Trinajstić information content (AvgIpc) is 3.04. The third-order valence-corrected chi connectivity index (χ3v) is 4.57. The molecule has 1 atom stereocenters. The summed E-state index contributed by atoms with van der Waals surface area (Å²) in [6.45, 7) is 2.75. The molecule has 2 aromatic carbocycles. The van der Waals surface area contributed by atoms with Gasteiger partial charge in [0.25, 0.3) is 0 Å². The molecule has 3 rings (SSSR count). The Kier molecular flexibility index (Phi) is 6.02. The van der Waals surface area contributed by atoms with Gasteiger partial charge in [-0.05, 0) is 31.0 Å². The summed E-state index contributed by atoms with van der Waals surface area (Å²) in [6, 6.07) is 18.6. The average molecular weight is 351 g/mol. The topological polar surface area (TPSA) is 67.2 Å². The van der Waals surface area contributed by atoms with E-state index >= 15 is 0 Å². The number of hydrogen-bond donors (Lipinski definition) is 2. The van der Waals surface area contributed by atoms with Gasteiger partial charge in [-0.2, -0.15) is 0 Å². The summed E-state index contributed by atoms with van der Waals surface area (Å²) in [5.74, 6) is 0.933. The van der Waals surface area contributed by atoms with Crippen LogP contribution in [0.25, 0.3) is 11.0 Å². The number of aliphatic hydroxyl groups excluding tert-OH is 1. The van der Waals surface area contributed by atoms with Crippen LogP contribution >= 0.6 is 0 Å². The van der Waals surface area contributed by atoms with Crippen LogP contribution in [0.1, 0.15) is 37.2 Å². The van der Waals surface area contributed by atoms with E-state index in [1.54, 1.807) is 0 Å². The van der Waals surface area contributed by atoms with Gasteiger partial charge in [0.1, 0.15) is 5.82 Å². The molecule has 136 valence electrons. The first-order valence-electron chi connectivity index (χ1n) is 9.09. The molecule has 0 spiro atoms. The number of fused-ring (bicyclic) bond motifs is 1. The van der Waals surface area contributed by atoms with Crippen molar-refractivity contribution < 1.29 is 9.90 Å². The van der Waals surface area contributed by atoms with E-state index in [0.717, 1.165) is 16.9 Å². The standard InChI is InChI=1S/C21H25N3O2/c1-16(17-8-3-2-4-9-17)24-19-11-6-5-10-18(19)23-20(24)13-14-22-21(26)12-7-15-25/h2-6,8-11,16,25H,7,12-15H2,1H3,(H,22,26)/t16-/m1/s1. The zero-order chi connectivity index (χ0) is 18.4. The number of aromatic nitrogens is 2. The van der Waals surface area contributed by atoms with Gasteiger partial charge in [-0.15, -0.1) is 0 Å². The fraction of sp³-hybridized carbons (Fsp3) is 0.333. The quantitative estimate of drug-likeness (QED) is 0.655. The number of imidazole rings is 1. The zero-order valence-electron chi connectivity index (χ0n) is 15.1. The summed E-state index contributed by atoms with van der Waals surface area (Å²) in [5.41, 5.74) is 3.30. The molecule has 0 bridgehead atoms. The molecule has 0 aliphatic carbocycles. The van der Waals surface area contributed by atoms with Crippen LogP contribution in [-0.4, -0.2) is 33.7 Å². The summed E-state index contributed by atoms with van der Waals surface area (Å²) in [6.07, 6.45) is 1.51. The van der Waals surface area contributed by atoms with Crippen molar-refractivity contribution in [2.45, 2.75) is 32.2 Å². The van der Waals surface area contributed by atoms with Crippen LogP contribution < -0.4 is 5.32 Å².